The van der Waals surface area contributed by atoms with E-state index in [0.717, 1.165) is 31.8 Å². The molecule has 1 unspecified atom stereocenters. The summed E-state index contributed by atoms with van der Waals surface area (Å²) in [7, 11) is 0. The second-order valence-electron chi connectivity index (χ2n) is 6.69. The van der Waals surface area contributed by atoms with E-state index in [9.17, 15) is 15.2 Å². The Morgan fingerprint density at radius 2 is 2.16 bits per heavy atom. The minimum atomic E-state index is -0.609. The van der Waals surface area contributed by atoms with Gasteiger partial charge in [0.2, 0.25) is 0 Å². The summed E-state index contributed by atoms with van der Waals surface area (Å²) in [6.07, 6.45) is 3.28. The molecule has 1 atom stereocenters. The van der Waals surface area contributed by atoms with Gasteiger partial charge in [-0.25, -0.2) is 0 Å². The molecule has 134 valence electrons. The summed E-state index contributed by atoms with van der Waals surface area (Å²) in [5.41, 5.74) is 0.439. The van der Waals surface area contributed by atoms with Crippen molar-refractivity contribution >= 4 is 16.6 Å². The summed E-state index contributed by atoms with van der Waals surface area (Å²) >= 11 is 0. The predicted octanol–water partition coefficient (Wildman–Crippen LogP) is 2.61. The van der Waals surface area contributed by atoms with Crippen LogP contribution >= 0.6 is 0 Å². The molecule has 1 fully saturated rings. The summed E-state index contributed by atoms with van der Waals surface area (Å²) in [5, 5.41) is 21.8. The Morgan fingerprint density at radius 1 is 1.40 bits per heavy atom. The monoisotopic (exact) mass is 345 g/mol. The van der Waals surface area contributed by atoms with Gasteiger partial charge in [-0.15, -0.1) is 0 Å². The van der Waals surface area contributed by atoms with Crippen LogP contribution in [0.15, 0.2) is 30.5 Å². The van der Waals surface area contributed by atoms with Gasteiger partial charge < -0.3 is 14.7 Å². The number of nitro benzene ring substituents is 1. The molecule has 0 aliphatic carbocycles. The van der Waals surface area contributed by atoms with Crippen molar-refractivity contribution in [3.8, 4) is 5.75 Å². The van der Waals surface area contributed by atoms with E-state index < -0.39 is 11.0 Å². The molecule has 7 heteroatoms. The normalized spacial score (nSPS) is 17.5. The number of aromatic nitrogens is 1. The molecule has 1 aromatic carbocycles. The second-order valence-corrected chi connectivity index (χ2v) is 6.69. The molecule has 2 heterocycles. The zero-order valence-corrected chi connectivity index (χ0v) is 14.3. The van der Waals surface area contributed by atoms with Crippen LogP contribution in [0.25, 0.3) is 10.9 Å². The van der Waals surface area contributed by atoms with E-state index >= 15 is 0 Å². The van der Waals surface area contributed by atoms with Gasteiger partial charge >= 0.3 is 0 Å². The smallest absolute Gasteiger partial charge is 0.279 e. The molecule has 3 rings (SSSR count). The minimum Gasteiger partial charge on any atom is -0.489 e. The Bertz CT molecular complexity index is 744. The number of hydrogen-bond donors (Lipinski definition) is 1. The third-order valence-electron chi connectivity index (χ3n) is 4.68. The lowest BCUT2D eigenvalue weighted by molar-refractivity contribution is -0.383. The number of hydrogen-bond acceptors (Lipinski definition) is 6. The average Bonchev–Trinajstić information content (AvgIpc) is 2.61. The zero-order valence-electron chi connectivity index (χ0n) is 14.3. The minimum absolute atomic E-state index is 0.00145. The maximum Gasteiger partial charge on any atom is 0.279 e. The Kier molecular flexibility index (Phi) is 5.45. The first-order valence-corrected chi connectivity index (χ1v) is 8.60. The van der Waals surface area contributed by atoms with Gasteiger partial charge in [0.25, 0.3) is 5.69 Å². The van der Waals surface area contributed by atoms with Gasteiger partial charge in [0.05, 0.1) is 10.3 Å². The number of aliphatic hydroxyl groups excluding tert-OH is 1. The number of piperidine rings is 1. The third kappa shape index (κ3) is 4.24. The van der Waals surface area contributed by atoms with Crippen molar-refractivity contribution in [1.29, 1.82) is 0 Å². The van der Waals surface area contributed by atoms with Crippen molar-refractivity contribution in [1.82, 2.24) is 9.88 Å². The molecule has 0 spiro atoms. The van der Waals surface area contributed by atoms with Gasteiger partial charge in [-0.3, -0.25) is 15.1 Å². The van der Waals surface area contributed by atoms with Crippen LogP contribution in [0.5, 0.6) is 5.75 Å². The first-order chi connectivity index (χ1) is 12.0. The van der Waals surface area contributed by atoms with E-state index in [1.54, 1.807) is 24.4 Å². The molecule has 1 aromatic heterocycles. The molecule has 1 aliphatic rings. The van der Waals surface area contributed by atoms with Crippen molar-refractivity contribution in [2.24, 2.45) is 5.92 Å². The quantitative estimate of drug-likeness (QED) is 0.639. The third-order valence-corrected chi connectivity index (χ3v) is 4.68. The summed E-state index contributed by atoms with van der Waals surface area (Å²) in [4.78, 5) is 17.2. The van der Waals surface area contributed by atoms with Gasteiger partial charge in [-0.2, -0.15) is 0 Å². The molecule has 0 amide bonds. The highest BCUT2D eigenvalue weighted by Crippen LogP contribution is 2.31. The van der Waals surface area contributed by atoms with Gasteiger partial charge in [-0.05, 0) is 50.0 Å². The molecule has 1 aliphatic heterocycles. The van der Waals surface area contributed by atoms with Crippen molar-refractivity contribution in [3.05, 3.63) is 40.6 Å². The van der Waals surface area contributed by atoms with Crippen molar-refractivity contribution < 1.29 is 14.8 Å². The van der Waals surface area contributed by atoms with Crippen molar-refractivity contribution in [3.63, 3.8) is 0 Å². The standard InChI is InChI=1S/C18H23N3O4/c1-13-6-9-20(10-7-13)11-14(22)12-25-17-5-4-16(21(23)24)15-3-2-8-19-18(15)17/h2-5,8,13-14,22H,6-7,9-12H2,1H3. The highest BCUT2D eigenvalue weighted by Gasteiger charge is 2.20. The lowest BCUT2D eigenvalue weighted by Gasteiger charge is -2.31. The van der Waals surface area contributed by atoms with Crippen molar-refractivity contribution in [2.75, 3.05) is 26.2 Å². The molecule has 1 saturated heterocycles. The predicted molar refractivity (Wildman–Crippen MR) is 94.7 cm³/mol. The molecular formula is C18H23N3O4. The van der Waals surface area contributed by atoms with Crippen LogP contribution < -0.4 is 4.74 Å². The van der Waals surface area contributed by atoms with Gasteiger partial charge in [-0.1, -0.05) is 6.92 Å². The zero-order chi connectivity index (χ0) is 17.8. The first kappa shape index (κ1) is 17.6. The Hall–Kier alpha value is -2.25. The number of β-amino-alcohol motifs (C(OH)–C–C–N with tert-alkyl or cyclic N) is 1. The number of non-ortho nitro benzene ring substituents is 1. The number of nitrogens with zero attached hydrogens (tertiary/aromatic N) is 3. The Labute approximate surface area is 146 Å². The summed E-state index contributed by atoms with van der Waals surface area (Å²) in [6, 6.07) is 6.27. The average molecular weight is 345 g/mol. The molecule has 0 bridgehead atoms. The van der Waals surface area contributed by atoms with Crippen LogP contribution in [0.2, 0.25) is 0 Å². The van der Waals surface area contributed by atoms with Gasteiger partial charge in [0.15, 0.2) is 0 Å². The summed E-state index contributed by atoms with van der Waals surface area (Å²) in [5.74, 6) is 1.20. The van der Waals surface area contributed by atoms with Crippen molar-refractivity contribution in [2.45, 2.75) is 25.9 Å². The number of rotatable bonds is 6. The Morgan fingerprint density at radius 3 is 2.88 bits per heavy atom. The van der Waals surface area contributed by atoms with Crippen LogP contribution in [0, 0.1) is 16.0 Å². The Balaban J connectivity index is 1.65. The molecular weight excluding hydrogens is 322 g/mol. The molecule has 0 saturated carbocycles. The molecule has 1 N–H and O–H groups in total. The van der Waals surface area contributed by atoms with Gasteiger partial charge in [0.1, 0.15) is 24.0 Å². The van der Waals surface area contributed by atoms with E-state index in [1.165, 1.54) is 6.07 Å². The number of benzene rings is 1. The summed E-state index contributed by atoms with van der Waals surface area (Å²) < 4.78 is 5.72. The topological polar surface area (TPSA) is 88.7 Å². The van der Waals surface area contributed by atoms with Crippen LogP contribution in [0.4, 0.5) is 5.69 Å². The van der Waals surface area contributed by atoms with Crippen LogP contribution in [0.3, 0.4) is 0 Å². The van der Waals surface area contributed by atoms with Crippen LogP contribution in [-0.4, -0.2) is 52.3 Å². The van der Waals surface area contributed by atoms with E-state index in [2.05, 4.69) is 16.8 Å². The number of nitro groups is 1. The molecule has 7 nitrogen and oxygen atoms in total. The largest absolute Gasteiger partial charge is 0.489 e. The molecule has 0 radical (unpaired) electrons. The fourth-order valence-electron chi connectivity index (χ4n) is 3.19. The lowest BCUT2D eigenvalue weighted by atomic mass is 9.99. The van der Waals surface area contributed by atoms with Gasteiger partial charge in [0, 0.05) is 18.8 Å². The van der Waals surface area contributed by atoms with E-state index in [-0.39, 0.29) is 12.3 Å². The fraction of sp³-hybridized carbons (Fsp3) is 0.500. The molecule has 25 heavy (non-hydrogen) atoms. The highest BCUT2D eigenvalue weighted by molar-refractivity contribution is 5.92. The van der Waals surface area contributed by atoms with Crippen LogP contribution in [-0.2, 0) is 0 Å². The summed E-state index contributed by atoms with van der Waals surface area (Å²) in [6.45, 7) is 4.96. The van der Waals surface area contributed by atoms with E-state index in [1.807, 2.05) is 0 Å². The van der Waals surface area contributed by atoms with Crippen LogP contribution in [0.1, 0.15) is 19.8 Å². The highest BCUT2D eigenvalue weighted by atomic mass is 16.6. The maximum absolute atomic E-state index is 11.1. The fourth-order valence-corrected chi connectivity index (χ4v) is 3.19. The number of pyridine rings is 1. The maximum atomic E-state index is 11.1. The second kappa shape index (κ2) is 7.76. The number of aliphatic hydroxyl groups is 1. The van der Waals surface area contributed by atoms with E-state index in [4.69, 9.17) is 4.74 Å². The number of fused-ring (bicyclic) bond motifs is 1. The van der Waals surface area contributed by atoms with E-state index in [0.29, 0.717) is 23.2 Å². The first-order valence-electron chi connectivity index (χ1n) is 8.60. The number of ether oxygens (including phenoxy) is 1. The number of likely N-dealkylation sites (tertiary alicyclic amines) is 1. The molecule has 2 aromatic rings. The SMILES string of the molecule is CC1CCN(CC(O)COc2ccc([N+](=O)[O-])c3cccnc23)CC1. The lowest BCUT2D eigenvalue weighted by Crippen LogP contribution is -2.40.